The average molecular weight is 273 g/mol. The summed E-state index contributed by atoms with van der Waals surface area (Å²) in [4.78, 5) is 4.19. The summed E-state index contributed by atoms with van der Waals surface area (Å²) in [6.45, 7) is 0. The SMILES string of the molecule is CNC1CCC(c2nc(CS(C)(=O)=O)no2)CC1. The largest absolute Gasteiger partial charge is 0.339 e. The quantitative estimate of drug-likeness (QED) is 0.875. The van der Waals surface area contributed by atoms with E-state index in [0.29, 0.717) is 11.9 Å². The topological polar surface area (TPSA) is 85.1 Å². The molecule has 1 aromatic rings. The van der Waals surface area contributed by atoms with E-state index in [1.165, 1.54) is 6.26 Å². The van der Waals surface area contributed by atoms with Crippen LogP contribution in [0.5, 0.6) is 0 Å². The fourth-order valence-electron chi connectivity index (χ4n) is 2.36. The number of rotatable bonds is 4. The minimum atomic E-state index is -3.10. The third-order valence-electron chi connectivity index (χ3n) is 3.36. The number of hydrogen-bond acceptors (Lipinski definition) is 6. The number of hydrogen-bond donors (Lipinski definition) is 1. The highest BCUT2D eigenvalue weighted by Gasteiger charge is 2.26. The molecular formula is C11H19N3O3S. The Morgan fingerprint density at radius 1 is 1.33 bits per heavy atom. The summed E-state index contributed by atoms with van der Waals surface area (Å²) in [5, 5.41) is 7.00. The third kappa shape index (κ3) is 3.52. The molecule has 1 aliphatic carbocycles. The Morgan fingerprint density at radius 2 is 2.00 bits per heavy atom. The van der Waals surface area contributed by atoms with Crippen LogP contribution in [0.25, 0.3) is 0 Å². The minimum Gasteiger partial charge on any atom is -0.339 e. The van der Waals surface area contributed by atoms with Crippen molar-refractivity contribution in [2.45, 2.75) is 43.4 Å². The van der Waals surface area contributed by atoms with Crippen molar-refractivity contribution in [2.75, 3.05) is 13.3 Å². The summed E-state index contributed by atoms with van der Waals surface area (Å²) >= 11 is 0. The molecule has 6 nitrogen and oxygen atoms in total. The van der Waals surface area contributed by atoms with Crippen LogP contribution in [0.2, 0.25) is 0 Å². The summed E-state index contributed by atoms with van der Waals surface area (Å²) < 4.78 is 27.4. The molecule has 1 aromatic heterocycles. The summed E-state index contributed by atoms with van der Waals surface area (Å²) in [6, 6.07) is 0.569. The zero-order valence-electron chi connectivity index (χ0n) is 10.7. The molecule has 0 atom stereocenters. The maximum Gasteiger partial charge on any atom is 0.229 e. The summed E-state index contributed by atoms with van der Waals surface area (Å²) in [6.07, 6.45) is 5.36. The second-order valence-corrected chi connectivity index (χ2v) is 7.10. The van der Waals surface area contributed by atoms with Gasteiger partial charge in [-0.25, -0.2) is 8.42 Å². The first-order valence-corrected chi connectivity index (χ1v) is 8.21. The van der Waals surface area contributed by atoms with Crippen LogP contribution in [0.4, 0.5) is 0 Å². The maximum atomic E-state index is 11.1. The molecule has 0 saturated heterocycles. The van der Waals surface area contributed by atoms with E-state index >= 15 is 0 Å². The van der Waals surface area contributed by atoms with Crippen LogP contribution in [0.3, 0.4) is 0 Å². The molecular weight excluding hydrogens is 254 g/mol. The molecule has 1 heterocycles. The van der Waals surface area contributed by atoms with Gasteiger partial charge < -0.3 is 9.84 Å². The molecule has 0 bridgehead atoms. The van der Waals surface area contributed by atoms with Gasteiger partial charge in [0, 0.05) is 18.2 Å². The molecule has 0 spiro atoms. The van der Waals surface area contributed by atoms with Crippen molar-refractivity contribution in [1.29, 1.82) is 0 Å². The average Bonchev–Trinajstić information content (AvgIpc) is 2.75. The molecule has 18 heavy (non-hydrogen) atoms. The van der Waals surface area contributed by atoms with E-state index in [4.69, 9.17) is 4.52 Å². The van der Waals surface area contributed by atoms with E-state index < -0.39 is 9.84 Å². The van der Waals surface area contributed by atoms with Crippen molar-refractivity contribution in [3.63, 3.8) is 0 Å². The van der Waals surface area contributed by atoms with Crippen LogP contribution in [0.1, 0.15) is 43.3 Å². The first-order valence-electron chi connectivity index (χ1n) is 6.15. The Morgan fingerprint density at radius 3 is 2.56 bits per heavy atom. The van der Waals surface area contributed by atoms with Gasteiger partial charge in [-0.1, -0.05) is 5.16 Å². The fraction of sp³-hybridized carbons (Fsp3) is 0.818. The molecule has 102 valence electrons. The van der Waals surface area contributed by atoms with Crippen LogP contribution in [-0.2, 0) is 15.6 Å². The van der Waals surface area contributed by atoms with Gasteiger partial charge in [0.2, 0.25) is 5.89 Å². The van der Waals surface area contributed by atoms with Gasteiger partial charge in [0.25, 0.3) is 0 Å². The van der Waals surface area contributed by atoms with Crippen molar-refractivity contribution in [2.24, 2.45) is 0 Å². The summed E-state index contributed by atoms with van der Waals surface area (Å²) in [5.41, 5.74) is 0. The first kappa shape index (κ1) is 13.5. The lowest BCUT2D eigenvalue weighted by atomic mass is 9.86. The van der Waals surface area contributed by atoms with Crippen molar-refractivity contribution in [3.05, 3.63) is 11.7 Å². The minimum absolute atomic E-state index is 0.150. The molecule has 0 aromatic carbocycles. The molecule has 7 heteroatoms. The van der Waals surface area contributed by atoms with Crippen molar-refractivity contribution in [1.82, 2.24) is 15.5 Å². The van der Waals surface area contributed by atoms with E-state index in [0.717, 1.165) is 25.7 Å². The first-order chi connectivity index (χ1) is 8.48. The van der Waals surface area contributed by atoms with Crippen LogP contribution in [0, 0.1) is 0 Å². The standard InChI is InChI=1S/C11H19N3O3S/c1-12-9-5-3-8(4-6-9)11-13-10(14-17-11)7-18(2,15)16/h8-9,12H,3-7H2,1-2H3. The molecule has 1 fully saturated rings. The van der Waals surface area contributed by atoms with Gasteiger partial charge in [0.1, 0.15) is 5.75 Å². The lowest BCUT2D eigenvalue weighted by molar-refractivity contribution is 0.288. The number of nitrogens with one attached hydrogen (secondary N) is 1. The zero-order valence-corrected chi connectivity index (χ0v) is 11.5. The number of sulfone groups is 1. The monoisotopic (exact) mass is 273 g/mol. The lowest BCUT2D eigenvalue weighted by Crippen LogP contribution is -2.29. The fourth-order valence-corrected chi connectivity index (χ4v) is 2.94. The molecule has 0 aliphatic heterocycles. The van der Waals surface area contributed by atoms with Crippen molar-refractivity contribution >= 4 is 9.84 Å². The second kappa shape index (κ2) is 5.36. The van der Waals surface area contributed by atoms with Gasteiger partial charge in [0.15, 0.2) is 15.7 Å². The lowest BCUT2D eigenvalue weighted by Gasteiger charge is -2.25. The predicted octanol–water partition coefficient (Wildman–Crippen LogP) is 0.860. The van der Waals surface area contributed by atoms with Crippen LogP contribution >= 0.6 is 0 Å². The summed E-state index contributed by atoms with van der Waals surface area (Å²) in [7, 11) is -1.13. The van der Waals surface area contributed by atoms with E-state index in [-0.39, 0.29) is 17.5 Å². The molecule has 2 rings (SSSR count). The molecule has 1 aliphatic rings. The molecule has 0 radical (unpaired) electrons. The Kier molecular flexibility index (Phi) is 4.01. The van der Waals surface area contributed by atoms with Crippen molar-refractivity contribution in [3.8, 4) is 0 Å². The van der Waals surface area contributed by atoms with E-state index in [9.17, 15) is 8.42 Å². The molecule has 0 amide bonds. The van der Waals surface area contributed by atoms with E-state index in [1.54, 1.807) is 0 Å². The van der Waals surface area contributed by atoms with E-state index in [2.05, 4.69) is 15.5 Å². The van der Waals surface area contributed by atoms with Gasteiger partial charge in [-0.15, -0.1) is 0 Å². The zero-order chi connectivity index (χ0) is 13.2. The maximum absolute atomic E-state index is 11.1. The highest BCUT2D eigenvalue weighted by molar-refractivity contribution is 7.89. The Bertz CT molecular complexity index is 489. The van der Waals surface area contributed by atoms with Crippen LogP contribution < -0.4 is 5.32 Å². The highest BCUT2D eigenvalue weighted by Crippen LogP contribution is 2.31. The highest BCUT2D eigenvalue weighted by atomic mass is 32.2. The van der Waals surface area contributed by atoms with Crippen LogP contribution in [-0.4, -0.2) is 37.9 Å². The Balaban J connectivity index is 1.98. The Hall–Kier alpha value is -0.950. The second-order valence-electron chi connectivity index (χ2n) is 4.96. The number of aromatic nitrogens is 2. The predicted molar refractivity (Wildman–Crippen MR) is 66.9 cm³/mol. The van der Waals surface area contributed by atoms with E-state index in [1.807, 2.05) is 7.05 Å². The third-order valence-corrected chi connectivity index (χ3v) is 4.14. The van der Waals surface area contributed by atoms with Gasteiger partial charge in [0.05, 0.1) is 0 Å². The number of nitrogens with zero attached hydrogens (tertiary/aromatic N) is 2. The van der Waals surface area contributed by atoms with Crippen molar-refractivity contribution < 1.29 is 12.9 Å². The van der Waals surface area contributed by atoms with Gasteiger partial charge >= 0.3 is 0 Å². The smallest absolute Gasteiger partial charge is 0.229 e. The van der Waals surface area contributed by atoms with Gasteiger partial charge in [-0.05, 0) is 32.7 Å². The van der Waals surface area contributed by atoms with Gasteiger partial charge in [-0.2, -0.15) is 4.98 Å². The van der Waals surface area contributed by atoms with Gasteiger partial charge in [-0.3, -0.25) is 0 Å². The molecule has 0 unspecified atom stereocenters. The normalized spacial score (nSPS) is 25.2. The molecule has 1 saturated carbocycles. The summed E-state index contributed by atoms with van der Waals surface area (Å²) in [5.74, 6) is 0.976. The molecule has 1 N–H and O–H groups in total. The van der Waals surface area contributed by atoms with Crippen LogP contribution in [0.15, 0.2) is 4.52 Å². The Labute approximate surface area is 107 Å².